The van der Waals surface area contributed by atoms with Gasteiger partial charge in [-0.2, -0.15) is 10.2 Å². The van der Waals surface area contributed by atoms with Crippen LogP contribution in [0.1, 0.15) is 31.7 Å². The van der Waals surface area contributed by atoms with Crippen LogP contribution in [0.25, 0.3) is 11.4 Å². The van der Waals surface area contributed by atoms with E-state index in [0.717, 1.165) is 45.1 Å². The molecule has 0 radical (unpaired) electrons. The van der Waals surface area contributed by atoms with Crippen LogP contribution >= 0.6 is 0 Å². The monoisotopic (exact) mass is 655 g/mol. The summed E-state index contributed by atoms with van der Waals surface area (Å²) in [6.45, 7) is 7.39. The number of nitriles is 1. The first kappa shape index (κ1) is 31.7. The average Bonchev–Trinajstić information content (AvgIpc) is 3.52. The Labute approximate surface area is 278 Å². The van der Waals surface area contributed by atoms with Crippen LogP contribution in [0.4, 0.5) is 21.7 Å². The van der Waals surface area contributed by atoms with E-state index in [0.29, 0.717) is 36.2 Å². The van der Waals surface area contributed by atoms with Gasteiger partial charge in [-0.05, 0) is 55.8 Å². The van der Waals surface area contributed by atoms with Crippen LogP contribution in [0.5, 0.6) is 5.75 Å². The average molecular weight is 656 g/mol. The van der Waals surface area contributed by atoms with Crippen molar-refractivity contribution in [3.05, 3.63) is 54.4 Å². The van der Waals surface area contributed by atoms with E-state index in [1.807, 2.05) is 19.1 Å². The second-order valence-electron chi connectivity index (χ2n) is 12.7. The van der Waals surface area contributed by atoms with E-state index in [1.54, 1.807) is 18.2 Å². The van der Waals surface area contributed by atoms with Crippen molar-refractivity contribution >= 4 is 29.1 Å². The van der Waals surface area contributed by atoms with E-state index >= 15 is 4.39 Å². The van der Waals surface area contributed by atoms with Gasteiger partial charge in [0.1, 0.15) is 30.3 Å². The number of nitrogens with one attached hydrogen (secondary N) is 2. The molecule has 7 rings (SSSR count). The molecule has 4 fully saturated rings. The van der Waals surface area contributed by atoms with Gasteiger partial charge < -0.3 is 29.9 Å². The number of alkyl halides is 1. The highest BCUT2D eigenvalue weighted by atomic mass is 19.1. The van der Waals surface area contributed by atoms with Crippen molar-refractivity contribution < 1.29 is 23.5 Å². The molecule has 4 atom stereocenters. The quantitative estimate of drug-likeness (QED) is 0.369. The number of ether oxygens (including phenoxy) is 2. The van der Waals surface area contributed by atoms with Crippen molar-refractivity contribution in [2.24, 2.45) is 0 Å². The van der Waals surface area contributed by atoms with Gasteiger partial charge in [-0.15, -0.1) is 0 Å². The summed E-state index contributed by atoms with van der Waals surface area (Å²) in [6.07, 6.45) is 0.0584. The number of halogens is 1. The number of anilines is 3. The maximum Gasteiger partial charge on any atom is 0.245 e. The summed E-state index contributed by atoms with van der Waals surface area (Å²) in [6, 6.07) is 14.9. The summed E-state index contributed by atoms with van der Waals surface area (Å²) < 4.78 is 26.7. The summed E-state index contributed by atoms with van der Waals surface area (Å²) in [5.74, 6) is 0.526. The van der Waals surface area contributed by atoms with Crippen molar-refractivity contribution in [3.8, 4) is 23.2 Å². The maximum atomic E-state index is 15.3. The van der Waals surface area contributed by atoms with Gasteiger partial charge in [-0.3, -0.25) is 14.5 Å². The molecule has 4 saturated heterocycles. The van der Waals surface area contributed by atoms with Gasteiger partial charge in [0.05, 0.1) is 31.4 Å². The number of carbonyl (C=O) groups excluding carboxylic acids is 2. The van der Waals surface area contributed by atoms with Crippen LogP contribution in [0.15, 0.2) is 48.8 Å². The van der Waals surface area contributed by atoms with Gasteiger partial charge >= 0.3 is 0 Å². The van der Waals surface area contributed by atoms with Gasteiger partial charge in [0, 0.05) is 62.0 Å². The van der Waals surface area contributed by atoms with Crippen LogP contribution in [0.3, 0.4) is 0 Å². The third-order valence-corrected chi connectivity index (χ3v) is 9.60. The van der Waals surface area contributed by atoms with Crippen LogP contribution in [0.2, 0.25) is 0 Å². The van der Waals surface area contributed by atoms with E-state index in [4.69, 9.17) is 9.47 Å². The Kier molecular flexibility index (Phi) is 9.05. The van der Waals surface area contributed by atoms with E-state index < -0.39 is 18.3 Å². The Morgan fingerprint density at radius 3 is 2.60 bits per heavy atom. The van der Waals surface area contributed by atoms with Crippen LogP contribution in [0, 0.1) is 11.3 Å². The third-order valence-electron chi connectivity index (χ3n) is 9.60. The van der Waals surface area contributed by atoms with E-state index in [9.17, 15) is 14.9 Å². The Morgan fingerprint density at radius 2 is 1.92 bits per heavy atom. The molecular weight excluding hydrogens is 617 g/mol. The zero-order valence-corrected chi connectivity index (χ0v) is 26.7. The first-order chi connectivity index (χ1) is 23.3. The second-order valence-corrected chi connectivity index (χ2v) is 12.7. The largest absolute Gasteiger partial charge is 0.486 e. The highest BCUT2D eigenvalue weighted by molar-refractivity contribution is 5.91. The lowest BCUT2D eigenvalue weighted by molar-refractivity contribution is -0.141. The van der Waals surface area contributed by atoms with Crippen molar-refractivity contribution in [1.29, 1.82) is 5.26 Å². The Hall–Kier alpha value is -4.87. The number of hydrogen-bond acceptors (Lipinski definition) is 11. The zero-order valence-electron chi connectivity index (χ0n) is 26.7. The summed E-state index contributed by atoms with van der Waals surface area (Å²) in [7, 11) is 0. The number of nitrogens with zero attached hydrogens (tertiary/aromatic N) is 7. The van der Waals surface area contributed by atoms with Crippen LogP contribution in [-0.2, 0) is 14.3 Å². The predicted octanol–water partition coefficient (Wildman–Crippen LogP) is 2.66. The number of hydrogen-bond donors (Lipinski definition) is 2. The normalized spacial score (nSPS) is 24.8. The maximum absolute atomic E-state index is 15.3. The Bertz CT molecular complexity index is 1690. The molecule has 0 aliphatic carbocycles. The van der Waals surface area contributed by atoms with E-state index in [2.05, 4.69) is 53.6 Å². The summed E-state index contributed by atoms with van der Waals surface area (Å²) in [4.78, 5) is 44.0. The second kappa shape index (κ2) is 13.7. The molecule has 3 aromatic rings. The molecule has 4 aliphatic heterocycles. The van der Waals surface area contributed by atoms with E-state index in [-0.39, 0.29) is 42.1 Å². The molecule has 1 aromatic heterocycles. The third kappa shape index (κ3) is 6.74. The van der Waals surface area contributed by atoms with Crippen molar-refractivity contribution in [2.45, 2.75) is 56.6 Å². The number of carbonyl (C=O) groups is 2. The number of benzene rings is 2. The number of amides is 2. The molecule has 5 heterocycles. The fourth-order valence-electron chi connectivity index (χ4n) is 6.71. The summed E-state index contributed by atoms with van der Waals surface area (Å²) in [5.41, 5.74) is 2.79. The standard InChI is InChI=1S/C34H38FN9O4/c1-21-14-30(27(35)17-44(21)33(46)28-7-9-31(45)40-28)48-29-8-2-22(15-23(29)16-36)32-37-20-38-34(41-32)39-24-3-5-25(6-4-24)42-10-12-43(13-11-42)26-18-47-19-26/h2-6,8,15,20-21,26-28,30H,7,9-14,17-19H2,1H3,(H,40,45)(H,37,38,39,41)/t21-,27+,28-,30?/m0/s1. The topological polar surface area (TPSA) is 149 Å². The molecule has 4 aliphatic rings. The zero-order chi connectivity index (χ0) is 33.2. The number of rotatable bonds is 8. The predicted molar refractivity (Wildman–Crippen MR) is 174 cm³/mol. The van der Waals surface area contributed by atoms with Crippen LogP contribution < -0.4 is 20.3 Å². The van der Waals surface area contributed by atoms with E-state index in [1.165, 1.54) is 16.9 Å². The number of aromatic nitrogens is 3. The smallest absolute Gasteiger partial charge is 0.245 e. The molecule has 0 saturated carbocycles. The summed E-state index contributed by atoms with van der Waals surface area (Å²) >= 11 is 0. The minimum Gasteiger partial charge on any atom is -0.486 e. The highest BCUT2D eigenvalue weighted by Crippen LogP contribution is 2.31. The SMILES string of the molecule is C[C@H]1CC(Oc2ccc(-c3ncnc(Nc4ccc(N5CCN(C6COC6)CC5)cc4)n3)cc2C#N)[C@H](F)CN1C(=O)[C@@H]1CCC(=O)N1. The fourth-order valence-corrected chi connectivity index (χ4v) is 6.71. The highest BCUT2D eigenvalue weighted by Gasteiger charge is 2.41. The molecule has 48 heavy (non-hydrogen) atoms. The van der Waals surface area contributed by atoms with Gasteiger partial charge in [0.2, 0.25) is 17.8 Å². The molecular formula is C34H38FN9O4. The van der Waals surface area contributed by atoms with Gasteiger partial charge in [-0.25, -0.2) is 14.4 Å². The van der Waals surface area contributed by atoms with Gasteiger partial charge in [-0.1, -0.05) is 0 Å². The Morgan fingerprint density at radius 1 is 1.12 bits per heavy atom. The van der Waals surface area contributed by atoms with Crippen molar-refractivity contribution in [3.63, 3.8) is 0 Å². The molecule has 13 nitrogen and oxygen atoms in total. The molecule has 0 spiro atoms. The lowest BCUT2D eigenvalue weighted by atomic mass is 9.97. The Balaban J connectivity index is 0.969. The molecule has 250 valence electrons. The van der Waals surface area contributed by atoms with Crippen molar-refractivity contribution in [2.75, 3.05) is 56.2 Å². The van der Waals surface area contributed by atoms with Crippen molar-refractivity contribution in [1.82, 2.24) is 30.1 Å². The van der Waals surface area contributed by atoms with Gasteiger partial charge in [0.25, 0.3) is 0 Å². The number of likely N-dealkylation sites (tertiary alicyclic amines) is 1. The minimum absolute atomic E-state index is 0.145. The molecule has 14 heteroatoms. The molecule has 2 aromatic carbocycles. The lowest BCUT2D eigenvalue weighted by Gasteiger charge is -2.43. The van der Waals surface area contributed by atoms with Gasteiger partial charge in [0.15, 0.2) is 12.0 Å². The lowest BCUT2D eigenvalue weighted by Crippen LogP contribution is -2.57. The number of piperidine rings is 1. The number of piperazine rings is 1. The molecule has 2 N–H and O–H groups in total. The molecule has 2 amide bonds. The minimum atomic E-state index is -1.46. The first-order valence-electron chi connectivity index (χ1n) is 16.4. The first-order valence-corrected chi connectivity index (χ1v) is 16.4. The van der Waals surface area contributed by atoms with Crippen LogP contribution in [-0.4, -0.2) is 113 Å². The summed E-state index contributed by atoms with van der Waals surface area (Å²) in [5, 5.41) is 15.8. The molecule has 1 unspecified atom stereocenters. The fraction of sp³-hybridized carbons (Fsp3) is 0.471. The molecule has 0 bridgehead atoms.